The number of halogens is 1. The molecule has 0 radical (unpaired) electrons. The van der Waals surface area contributed by atoms with E-state index in [-0.39, 0.29) is 5.82 Å². The van der Waals surface area contributed by atoms with Crippen LogP contribution in [-0.2, 0) is 0 Å². The highest BCUT2D eigenvalue weighted by Crippen LogP contribution is 2.31. The molecule has 0 heterocycles. The number of rotatable bonds is 5. The van der Waals surface area contributed by atoms with E-state index >= 15 is 0 Å². The Hall–Kier alpha value is -1.45. The molecule has 0 aliphatic heterocycles. The van der Waals surface area contributed by atoms with Crippen molar-refractivity contribution in [3.8, 4) is 5.75 Å². The monoisotopic (exact) mass is 280 g/mol. The van der Waals surface area contributed by atoms with Crippen molar-refractivity contribution in [1.82, 2.24) is 0 Å². The predicted octanol–water partition coefficient (Wildman–Crippen LogP) is 4.04. The number of nitrogen functional groups attached to an aromatic ring is 1. The van der Waals surface area contributed by atoms with E-state index in [2.05, 4.69) is 12.2 Å². The molecule has 3 nitrogen and oxygen atoms in total. The van der Waals surface area contributed by atoms with Crippen LogP contribution in [0.25, 0.3) is 0 Å². The van der Waals surface area contributed by atoms with E-state index in [1.54, 1.807) is 6.07 Å². The number of ether oxygens (including phenoxy) is 1. The summed E-state index contributed by atoms with van der Waals surface area (Å²) in [6, 6.07) is 2.94. The summed E-state index contributed by atoms with van der Waals surface area (Å²) in [6.07, 6.45) is 6.36. The first-order chi connectivity index (χ1) is 9.60. The van der Waals surface area contributed by atoms with Crippen LogP contribution in [0.3, 0.4) is 0 Å². The van der Waals surface area contributed by atoms with Gasteiger partial charge < -0.3 is 15.8 Å². The average Bonchev–Trinajstić information content (AvgIpc) is 2.43. The highest BCUT2D eigenvalue weighted by molar-refractivity contribution is 5.62. The first-order valence-electron chi connectivity index (χ1n) is 7.47. The molecule has 0 saturated heterocycles. The maximum absolute atomic E-state index is 13.8. The molecule has 3 N–H and O–H groups in total. The molecular formula is C16H25FN2O. The molecule has 112 valence electrons. The molecule has 0 unspecified atom stereocenters. The molecular weight excluding hydrogens is 255 g/mol. The Labute approximate surface area is 120 Å². The standard InChI is InChI=1S/C16H25FN2O/c1-11-3-5-12(6-4-11)7-8-19-15-10-16(20-2)14(18)9-13(15)17/h9-12,19H,3-8,18H2,1-2H3. The fraction of sp³-hybridized carbons (Fsp3) is 0.625. The molecule has 1 saturated carbocycles. The lowest BCUT2D eigenvalue weighted by atomic mass is 9.81. The fourth-order valence-electron chi connectivity index (χ4n) is 2.91. The van der Waals surface area contributed by atoms with Crippen molar-refractivity contribution < 1.29 is 9.13 Å². The summed E-state index contributed by atoms with van der Waals surface area (Å²) in [5, 5.41) is 3.16. The van der Waals surface area contributed by atoms with Crippen molar-refractivity contribution in [3.63, 3.8) is 0 Å². The number of nitrogens with two attached hydrogens (primary N) is 1. The van der Waals surface area contributed by atoms with Crippen molar-refractivity contribution in [2.75, 3.05) is 24.7 Å². The van der Waals surface area contributed by atoms with Gasteiger partial charge >= 0.3 is 0 Å². The zero-order valence-electron chi connectivity index (χ0n) is 12.4. The highest BCUT2D eigenvalue weighted by atomic mass is 19.1. The second kappa shape index (κ2) is 6.82. The average molecular weight is 280 g/mol. The molecule has 0 atom stereocenters. The van der Waals surface area contributed by atoms with Crippen LogP contribution in [0.5, 0.6) is 5.75 Å². The van der Waals surface area contributed by atoms with E-state index in [0.29, 0.717) is 17.1 Å². The van der Waals surface area contributed by atoms with Crippen molar-refractivity contribution in [2.45, 2.75) is 39.0 Å². The minimum absolute atomic E-state index is 0.319. The molecule has 20 heavy (non-hydrogen) atoms. The van der Waals surface area contributed by atoms with E-state index < -0.39 is 0 Å². The third-order valence-corrected chi connectivity index (χ3v) is 4.32. The van der Waals surface area contributed by atoms with E-state index in [1.165, 1.54) is 38.9 Å². The lowest BCUT2D eigenvalue weighted by molar-refractivity contribution is 0.282. The van der Waals surface area contributed by atoms with Gasteiger partial charge in [-0.3, -0.25) is 0 Å². The highest BCUT2D eigenvalue weighted by Gasteiger charge is 2.18. The normalized spacial score (nSPS) is 22.6. The smallest absolute Gasteiger partial charge is 0.148 e. The minimum atomic E-state index is -0.319. The van der Waals surface area contributed by atoms with Crippen molar-refractivity contribution >= 4 is 11.4 Å². The molecule has 0 amide bonds. The van der Waals surface area contributed by atoms with E-state index in [1.807, 2.05) is 0 Å². The Morgan fingerprint density at radius 1 is 1.30 bits per heavy atom. The fourth-order valence-corrected chi connectivity index (χ4v) is 2.91. The Balaban J connectivity index is 1.85. The topological polar surface area (TPSA) is 47.3 Å². The lowest BCUT2D eigenvalue weighted by Crippen LogP contribution is -2.16. The summed E-state index contributed by atoms with van der Waals surface area (Å²) in [6.45, 7) is 3.12. The van der Waals surface area contributed by atoms with Crippen LogP contribution >= 0.6 is 0 Å². The van der Waals surface area contributed by atoms with Gasteiger partial charge in [0.25, 0.3) is 0 Å². The maximum Gasteiger partial charge on any atom is 0.148 e. The summed E-state index contributed by atoms with van der Waals surface area (Å²) in [7, 11) is 1.54. The number of methoxy groups -OCH3 is 1. The van der Waals surface area contributed by atoms with Gasteiger partial charge in [0, 0.05) is 18.7 Å². The second-order valence-electron chi connectivity index (χ2n) is 5.92. The molecule has 2 rings (SSSR count). The molecule has 1 fully saturated rings. The number of hydrogen-bond donors (Lipinski definition) is 2. The number of nitrogens with one attached hydrogen (secondary N) is 1. The second-order valence-corrected chi connectivity index (χ2v) is 5.92. The molecule has 0 aromatic heterocycles. The van der Waals surface area contributed by atoms with Crippen molar-refractivity contribution in [3.05, 3.63) is 17.9 Å². The van der Waals surface area contributed by atoms with E-state index in [9.17, 15) is 4.39 Å². The van der Waals surface area contributed by atoms with Gasteiger partial charge in [-0.15, -0.1) is 0 Å². The van der Waals surface area contributed by atoms with Gasteiger partial charge in [-0.1, -0.05) is 32.6 Å². The Kier molecular flexibility index (Phi) is 5.10. The van der Waals surface area contributed by atoms with E-state index in [0.717, 1.165) is 24.8 Å². The summed E-state index contributed by atoms with van der Waals surface area (Å²) >= 11 is 0. The largest absolute Gasteiger partial charge is 0.495 e. The summed E-state index contributed by atoms with van der Waals surface area (Å²) in [4.78, 5) is 0. The van der Waals surface area contributed by atoms with Crippen LogP contribution in [0.2, 0.25) is 0 Å². The summed E-state index contributed by atoms with van der Waals surface area (Å²) in [5.74, 6) is 1.84. The van der Waals surface area contributed by atoms with Crippen molar-refractivity contribution in [2.24, 2.45) is 11.8 Å². The Morgan fingerprint density at radius 2 is 2.00 bits per heavy atom. The van der Waals surface area contributed by atoms with E-state index in [4.69, 9.17) is 10.5 Å². The van der Waals surface area contributed by atoms with Crippen LogP contribution in [0, 0.1) is 17.7 Å². The first-order valence-corrected chi connectivity index (χ1v) is 7.47. The quantitative estimate of drug-likeness (QED) is 0.800. The van der Waals surface area contributed by atoms with Gasteiger partial charge in [0.15, 0.2) is 0 Å². The Morgan fingerprint density at radius 3 is 2.65 bits per heavy atom. The van der Waals surface area contributed by atoms with Crippen LogP contribution in [-0.4, -0.2) is 13.7 Å². The zero-order valence-corrected chi connectivity index (χ0v) is 12.4. The minimum Gasteiger partial charge on any atom is -0.495 e. The molecule has 1 aromatic rings. The van der Waals surface area contributed by atoms with Crippen LogP contribution < -0.4 is 15.8 Å². The van der Waals surface area contributed by atoms with Crippen molar-refractivity contribution in [1.29, 1.82) is 0 Å². The first kappa shape index (κ1) is 14.9. The number of benzene rings is 1. The number of hydrogen-bond acceptors (Lipinski definition) is 3. The number of anilines is 2. The maximum atomic E-state index is 13.8. The molecule has 1 aromatic carbocycles. The van der Waals surface area contributed by atoms with Gasteiger partial charge in [0.05, 0.1) is 18.5 Å². The molecule has 0 bridgehead atoms. The molecule has 1 aliphatic carbocycles. The third-order valence-electron chi connectivity index (χ3n) is 4.32. The van der Waals surface area contributed by atoms with Gasteiger partial charge in [-0.25, -0.2) is 4.39 Å². The SMILES string of the molecule is COc1cc(NCCC2CCC(C)CC2)c(F)cc1N. The van der Waals surface area contributed by atoms with Crippen LogP contribution in [0.4, 0.5) is 15.8 Å². The van der Waals surface area contributed by atoms with Crippen LogP contribution in [0.15, 0.2) is 12.1 Å². The van der Waals surface area contributed by atoms with Gasteiger partial charge in [-0.2, -0.15) is 0 Å². The molecule has 0 spiro atoms. The zero-order chi connectivity index (χ0) is 14.5. The van der Waals surface area contributed by atoms with Crippen LogP contribution in [0.1, 0.15) is 39.0 Å². The molecule has 4 heteroatoms. The molecule has 1 aliphatic rings. The summed E-state index contributed by atoms with van der Waals surface area (Å²) < 4.78 is 18.9. The third kappa shape index (κ3) is 3.78. The van der Waals surface area contributed by atoms with Gasteiger partial charge in [-0.05, 0) is 18.3 Å². The predicted molar refractivity (Wildman–Crippen MR) is 81.6 cm³/mol. The summed E-state index contributed by atoms with van der Waals surface area (Å²) in [5.41, 5.74) is 6.47. The van der Waals surface area contributed by atoms with Gasteiger partial charge in [0.1, 0.15) is 11.6 Å². The van der Waals surface area contributed by atoms with Gasteiger partial charge in [0.2, 0.25) is 0 Å². The lowest BCUT2D eigenvalue weighted by Gasteiger charge is -2.26. The Bertz CT molecular complexity index is 442.